The zero-order valence-electron chi connectivity index (χ0n) is 17.9. The van der Waals surface area contributed by atoms with Crippen LogP contribution in [0.2, 0.25) is 5.02 Å². The first-order chi connectivity index (χ1) is 16.7. The lowest BCUT2D eigenvalue weighted by Crippen LogP contribution is -2.19. The molecule has 0 radical (unpaired) electrons. The number of amides is 2. The molecule has 182 valence electrons. The van der Waals surface area contributed by atoms with Gasteiger partial charge in [-0.3, -0.25) is 10.3 Å². The van der Waals surface area contributed by atoms with Crippen LogP contribution in [0.15, 0.2) is 42.6 Å². The molecule has 2 heterocycles. The quantitative estimate of drug-likeness (QED) is 0.308. The summed E-state index contributed by atoms with van der Waals surface area (Å²) in [6.45, 7) is 0. The molecule has 2 N–H and O–H groups in total. The summed E-state index contributed by atoms with van der Waals surface area (Å²) in [4.78, 5) is 16.4. The second kappa shape index (κ2) is 9.80. The molecule has 0 unspecified atom stereocenters. The number of alkyl halides is 3. The molecule has 2 amide bonds. The molecule has 0 aliphatic rings. The molecule has 14 heteroatoms. The number of fused-ring (bicyclic) bond motifs is 1. The second-order valence-corrected chi connectivity index (χ2v) is 8.15. The lowest BCUT2D eigenvalue weighted by atomic mass is 10.2. The molecule has 2 aromatic heterocycles. The van der Waals surface area contributed by atoms with E-state index in [1.165, 1.54) is 32.4 Å². The molecular formula is C21H15ClF3N5O4S. The van der Waals surface area contributed by atoms with E-state index >= 15 is 0 Å². The molecule has 4 aromatic rings. The molecule has 9 nitrogen and oxygen atoms in total. The summed E-state index contributed by atoms with van der Waals surface area (Å²) < 4.78 is 54.5. The number of hydrogen-bond donors (Lipinski definition) is 2. The van der Waals surface area contributed by atoms with E-state index < -0.39 is 17.2 Å². The zero-order valence-corrected chi connectivity index (χ0v) is 19.5. The Morgan fingerprint density at radius 2 is 1.71 bits per heavy atom. The van der Waals surface area contributed by atoms with Gasteiger partial charge in [-0.25, -0.2) is 4.79 Å². The minimum absolute atomic E-state index is 0.170. The van der Waals surface area contributed by atoms with Crippen molar-refractivity contribution >= 4 is 50.7 Å². The number of benzene rings is 2. The number of pyridine rings is 1. The van der Waals surface area contributed by atoms with Gasteiger partial charge in [0.05, 0.1) is 24.8 Å². The largest absolute Gasteiger partial charge is 0.493 e. The summed E-state index contributed by atoms with van der Waals surface area (Å²) >= 11 is 6.54. The Hall–Kier alpha value is -3.84. The van der Waals surface area contributed by atoms with Crippen molar-refractivity contribution in [3.8, 4) is 23.0 Å². The van der Waals surface area contributed by atoms with E-state index in [-0.39, 0.29) is 27.2 Å². The number of methoxy groups -OCH3 is 2. The molecule has 4 rings (SSSR count). The third-order valence-corrected chi connectivity index (χ3v) is 5.68. The first-order valence-corrected chi connectivity index (χ1v) is 10.8. The van der Waals surface area contributed by atoms with Gasteiger partial charge in [-0.2, -0.15) is 13.2 Å². The van der Waals surface area contributed by atoms with Crippen molar-refractivity contribution in [3.63, 3.8) is 0 Å². The molecule has 0 aliphatic carbocycles. The highest BCUT2D eigenvalue weighted by Gasteiger charge is 2.35. The van der Waals surface area contributed by atoms with Crippen LogP contribution in [0.4, 0.5) is 28.8 Å². The maximum absolute atomic E-state index is 12.6. The fourth-order valence-corrected chi connectivity index (χ4v) is 3.79. The van der Waals surface area contributed by atoms with Crippen LogP contribution in [0.5, 0.6) is 23.0 Å². The summed E-state index contributed by atoms with van der Waals surface area (Å²) in [5.74, 6) is 1.75. The third kappa shape index (κ3) is 5.46. The highest BCUT2D eigenvalue weighted by Crippen LogP contribution is 2.39. The molecular weight excluding hydrogens is 511 g/mol. The van der Waals surface area contributed by atoms with Crippen molar-refractivity contribution in [2.45, 2.75) is 6.18 Å². The SMILES string of the molecule is COc1cc2nccc(Oc3ccc(NC(=O)Nc4nnc(C(F)(F)F)s4)cc3Cl)c2cc1OC. The number of carbonyl (C=O) groups excluding carboxylic acids is 1. The number of aromatic nitrogens is 3. The number of hydrogen-bond acceptors (Lipinski definition) is 8. The molecule has 0 saturated heterocycles. The van der Waals surface area contributed by atoms with Gasteiger partial charge in [0.25, 0.3) is 0 Å². The summed E-state index contributed by atoms with van der Waals surface area (Å²) in [6.07, 6.45) is -3.08. The van der Waals surface area contributed by atoms with E-state index in [2.05, 4.69) is 25.8 Å². The first-order valence-electron chi connectivity index (χ1n) is 9.65. The molecule has 0 saturated carbocycles. The van der Waals surface area contributed by atoms with Crippen molar-refractivity contribution in [3.05, 3.63) is 52.6 Å². The number of anilines is 2. The highest BCUT2D eigenvalue weighted by atomic mass is 35.5. The topological polar surface area (TPSA) is 107 Å². The normalized spacial score (nSPS) is 11.3. The Morgan fingerprint density at radius 3 is 2.37 bits per heavy atom. The van der Waals surface area contributed by atoms with E-state index in [0.29, 0.717) is 33.9 Å². The Kier molecular flexibility index (Phi) is 6.80. The second-order valence-electron chi connectivity index (χ2n) is 6.77. The summed E-state index contributed by atoms with van der Waals surface area (Å²) in [6, 6.07) is 8.73. The third-order valence-electron chi connectivity index (χ3n) is 4.50. The van der Waals surface area contributed by atoms with Gasteiger partial charge in [0.2, 0.25) is 10.1 Å². The van der Waals surface area contributed by atoms with Crippen LogP contribution in [-0.2, 0) is 6.18 Å². The van der Waals surface area contributed by atoms with Crippen LogP contribution in [0, 0.1) is 0 Å². The number of rotatable bonds is 6. The van der Waals surface area contributed by atoms with Gasteiger partial charge in [0.15, 0.2) is 11.5 Å². The molecule has 2 aromatic carbocycles. The van der Waals surface area contributed by atoms with Crippen molar-refractivity contribution in [2.75, 3.05) is 24.9 Å². The lowest BCUT2D eigenvalue weighted by molar-refractivity contribution is -0.138. The summed E-state index contributed by atoms with van der Waals surface area (Å²) in [5, 5.41) is 10.3. The van der Waals surface area contributed by atoms with Gasteiger partial charge in [-0.1, -0.05) is 22.9 Å². The van der Waals surface area contributed by atoms with E-state index in [4.69, 9.17) is 25.8 Å². The molecule has 35 heavy (non-hydrogen) atoms. The number of nitrogens with zero attached hydrogens (tertiary/aromatic N) is 3. The van der Waals surface area contributed by atoms with Crippen LogP contribution in [0.25, 0.3) is 10.9 Å². The van der Waals surface area contributed by atoms with E-state index in [9.17, 15) is 18.0 Å². The van der Waals surface area contributed by atoms with Gasteiger partial charge in [0.1, 0.15) is 11.5 Å². The van der Waals surface area contributed by atoms with Gasteiger partial charge in [0, 0.05) is 23.3 Å². The molecule has 0 bridgehead atoms. The van der Waals surface area contributed by atoms with Crippen molar-refractivity contribution < 1.29 is 32.2 Å². The zero-order chi connectivity index (χ0) is 25.2. The Labute approximate surface area is 204 Å². The van der Waals surface area contributed by atoms with Crippen LogP contribution < -0.4 is 24.8 Å². The van der Waals surface area contributed by atoms with E-state index in [0.717, 1.165) is 0 Å². The smallest absolute Gasteiger partial charge is 0.445 e. The summed E-state index contributed by atoms with van der Waals surface area (Å²) in [5.41, 5.74) is 0.878. The van der Waals surface area contributed by atoms with E-state index in [1.807, 2.05) is 0 Å². The van der Waals surface area contributed by atoms with Gasteiger partial charge >= 0.3 is 12.2 Å². The predicted octanol–water partition coefficient (Wildman–Crippen LogP) is 6.21. The standard InChI is InChI=1S/C21H15ClF3N5O4S/c1-32-16-8-11-13(9-17(16)33-2)26-6-5-14(11)34-15-4-3-10(7-12(15)22)27-19(31)28-20-30-29-18(35-20)21(23,24)25/h3-9H,1-2H3,(H2,27,28,30,31). The number of ether oxygens (including phenoxy) is 3. The maximum atomic E-state index is 12.6. The van der Waals surface area contributed by atoms with Gasteiger partial charge in [-0.05, 0) is 30.3 Å². The number of nitrogens with one attached hydrogen (secondary N) is 2. The van der Waals surface area contributed by atoms with Gasteiger partial charge in [-0.15, -0.1) is 10.2 Å². The molecule has 0 spiro atoms. The highest BCUT2D eigenvalue weighted by molar-refractivity contribution is 7.15. The van der Waals surface area contributed by atoms with Crippen LogP contribution in [0.1, 0.15) is 5.01 Å². The van der Waals surface area contributed by atoms with Crippen LogP contribution >= 0.6 is 22.9 Å². The monoisotopic (exact) mass is 525 g/mol. The number of urea groups is 1. The Bertz CT molecular complexity index is 1400. The lowest BCUT2D eigenvalue weighted by Gasteiger charge is -2.13. The van der Waals surface area contributed by atoms with Crippen LogP contribution in [0.3, 0.4) is 0 Å². The minimum atomic E-state index is -4.64. The number of carbonyl (C=O) groups is 1. The van der Waals surface area contributed by atoms with Crippen molar-refractivity contribution in [1.82, 2.24) is 15.2 Å². The Balaban J connectivity index is 1.49. The van der Waals surface area contributed by atoms with E-state index in [1.54, 1.807) is 24.4 Å². The predicted molar refractivity (Wildman–Crippen MR) is 124 cm³/mol. The molecule has 0 aliphatic heterocycles. The minimum Gasteiger partial charge on any atom is -0.493 e. The average molecular weight is 526 g/mol. The maximum Gasteiger partial charge on any atom is 0.445 e. The fraction of sp³-hybridized carbons (Fsp3) is 0.143. The van der Waals surface area contributed by atoms with Crippen molar-refractivity contribution in [1.29, 1.82) is 0 Å². The molecule has 0 atom stereocenters. The average Bonchev–Trinajstić information content (AvgIpc) is 3.29. The Morgan fingerprint density at radius 1 is 0.971 bits per heavy atom. The number of halogens is 4. The fourth-order valence-electron chi connectivity index (χ4n) is 2.96. The molecule has 0 fully saturated rings. The van der Waals surface area contributed by atoms with Gasteiger partial charge < -0.3 is 19.5 Å². The van der Waals surface area contributed by atoms with Crippen molar-refractivity contribution in [2.24, 2.45) is 0 Å². The summed E-state index contributed by atoms with van der Waals surface area (Å²) in [7, 11) is 3.03. The first kappa shape index (κ1) is 24.3. The van der Waals surface area contributed by atoms with Crippen LogP contribution in [-0.4, -0.2) is 35.4 Å².